The van der Waals surface area contributed by atoms with Gasteiger partial charge < -0.3 is 14.6 Å². The number of para-hydroxylation sites is 1. The van der Waals surface area contributed by atoms with E-state index in [0.29, 0.717) is 18.1 Å². The minimum atomic E-state index is -0.599. The maximum Gasteiger partial charge on any atom is 0.261 e. The Balaban J connectivity index is 1.87. The Labute approximate surface area is 125 Å². The summed E-state index contributed by atoms with van der Waals surface area (Å²) in [4.78, 5) is 11.9. The van der Waals surface area contributed by atoms with Crippen LogP contribution in [0.4, 0.5) is 0 Å². The second kappa shape index (κ2) is 6.56. The van der Waals surface area contributed by atoms with E-state index in [1.165, 1.54) is 0 Å². The Morgan fingerprint density at radius 1 is 1.50 bits per heavy atom. The van der Waals surface area contributed by atoms with Crippen molar-refractivity contribution in [2.75, 3.05) is 0 Å². The van der Waals surface area contributed by atoms with Crippen molar-refractivity contribution in [3.05, 3.63) is 46.3 Å². The number of benzene rings is 1. The molecule has 106 valence electrons. The van der Waals surface area contributed by atoms with Gasteiger partial charge in [-0.3, -0.25) is 4.79 Å². The molecule has 0 spiro atoms. The van der Waals surface area contributed by atoms with E-state index in [1.807, 2.05) is 25.1 Å². The van der Waals surface area contributed by atoms with Crippen LogP contribution < -0.4 is 10.1 Å². The summed E-state index contributed by atoms with van der Waals surface area (Å²) in [5.41, 5.74) is 0.784. The van der Waals surface area contributed by atoms with Gasteiger partial charge in [-0.15, -0.1) is 0 Å². The molecule has 0 aliphatic carbocycles. The molecule has 1 unspecified atom stereocenters. The summed E-state index contributed by atoms with van der Waals surface area (Å²) < 4.78 is 11.4. The number of nitrogens with zero attached hydrogens (tertiary/aromatic N) is 1. The standard InChI is InChI=1S/C14H15BrN2O3/c1-9-7-11(20-17-9)8-16-14(18)10(2)19-13-6-4-3-5-12(13)15/h3-7,10H,8H2,1-2H3,(H,16,18). The predicted molar refractivity (Wildman–Crippen MR) is 77.3 cm³/mol. The van der Waals surface area contributed by atoms with Crippen molar-refractivity contribution in [3.63, 3.8) is 0 Å². The molecule has 2 aromatic rings. The highest BCUT2D eigenvalue weighted by atomic mass is 79.9. The molecule has 0 aliphatic heterocycles. The zero-order chi connectivity index (χ0) is 14.5. The molecule has 2 rings (SSSR count). The molecular formula is C14H15BrN2O3. The average molecular weight is 339 g/mol. The van der Waals surface area contributed by atoms with Crippen LogP contribution in [0.1, 0.15) is 18.4 Å². The normalized spacial score (nSPS) is 11.9. The number of carbonyl (C=O) groups is 1. The van der Waals surface area contributed by atoms with Gasteiger partial charge in [0.2, 0.25) is 0 Å². The fraction of sp³-hybridized carbons (Fsp3) is 0.286. The lowest BCUT2D eigenvalue weighted by atomic mass is 10.3. The highest BCUT2D eigenvalue weighted by Crippen LogP contribution is 2.24. The first-order valence-electron chi connectivity index (χ1n) is 6.17. The molecule has 1 N–H and O–H groups in total. The van der Waals surface area contributed by atoms with Gasteiger partial charge in [0.15, 0.2) is 11.9 Å². The van der Waals surface area contributed by atoms with Crippen LogP contribution in [0, 0.1) is 6.92 Å². The summed E-state index contributed by atoms with van der Waals surface area (Å²) in [6.07, 6.45) is -0.599. The number of nitrogens with one attached hydrogen (secondary N) is 1. The van der Waals surface area contributed by atoms with Crippen molar-refractivity contribution < 1.29 is 14.1 Å². The molecule has 1 aromatic heterocycles. The molecule has 0 fully saturated rings. The van der Waals surface area contributed by atoms with Crippen LogP contribution in [0.3, 0.4) is 0 Å². The van der Waals surface area contributed by atoms with E-state index in [1.54, 1.807) is 19.1 Å². The fourth-order valence-electron chi connectivity index (χ4n) is 1.60. The topological polar surface area (TPSA) is 64.4 Å². The number of amides is 1. The molecule has 1 heterocycles. The van der Waals surface area contributed by atoms with Gasteiger partial charge in [0, 0.05) is 6.07 Å². The van der Waals surface area contributed by atoms with Crippen LogP contribution in [0.2, 0.25) is 0 Å². The predicted octanol–water partition coefficient (Wildman–Crippen LogP) is 2.83. The first-order chi connectivity index (χ1) is 9.56. The van der Waals surface area contributed by atoms with Crippen molar-refractivity contribution in [3.8, 4) is 5.75 Å². The highest BCUT2D eigenvalue weighted by molar-refractivity contribution is 9.10. The van der Waals surface area contributed by atoms with Crippen molar-refractivity contribution in [2.24, 2.45) is 0 Å². The first kappa shape index (κ1) is 14.6. The van der Waals surface area contributed by atoms with Crippen LogP contribution in [-0.2, 0) is 11.3 Å². The molecule has 6 heteroatoms. The first-order valence-corrected chi connectivity index (χ1v) is 6.96. The van der Waals surface area contributed by atoms with Gasteiger partial charge in [0.1, 0.15) is 5.75 Å². The Morgan fingerprint density at radius 3 is 2.90 bits per heavy atom. The molecule has 0 bridgehead atoms. The molecule has 20 heavy (non-hydrogen) atoms. The van der Waals surface area contributed by atoms with E-state index in [9.17, 15) is 4.79 Å². The Morgan fingerprint density at radius 2 is 2.25 bits per heavy atom. The third kappa shape index (κ3) is 3.84. The maximum atomic E-state index is 11.9. The number of carbonyl (C=O) groups excluding carboxylic acids is 1. The smallest absolute Gasteiger partial charge is 0.261 e. The molecule has 0 saturated heterocycles. The summed E-state index contributed by atoms with van der Waals surface area (Å²) in [5.74, 6) is 1.03. The van der Waals surface area contributed by atoms with E-state index in [0.717, 1.165) is 10.2 Å². The van der Waals surface area contributed by atoms with E-state index in [2.05, 4.69) is 26.4 Å². The second-order valence-corrected chi connectivity index (χ2v) is 5.20. The molecule has 1 aromatic carbocycles. The monoisotopic (exact) mass is 338 g/mol. The van der Waals surface area contributed by atoms with Crippen LogP contribution in [0.15, 0.2) is 39.3 Å². The lowest BCUT2D eigenvalue weighted by Gasteiger charge is -2.15. The summed E-state index contributed by atoms with van der Waals surface area (Å²) in [6.45, 7) is 3.82. The molecule has 0 aliphatic rings. The summed E-state index contributed by atoms with van der Waals surface area (Å²) in [5, 5.41) is 6.49. The van der Waals surface area contributed by atoms with Gasteiger partial charge in [-0.2, -0.15) is 0 Å². The van der Waals surface area contributed by atoms with Crippen molar-refractivity contribution in [1.29, 1.82) is 0 Å². The molecule has 0 radical (unpaired) electrons. The molecular weight excluding hydrogens is 324 g/mol. The zero-order valence-corrected chi connectivity index (χ0v) is 12.8. The number of rotatable bonds is 5. The second-order valence-electron chi connectivity index (χ2n) is 4.34. The third-order valence-corrected chi connectivity index (χ3v) is 3.28. The minimum absolute atomic E-state index is 0.213. The minimum Gasteiger partial charge on any atom is -0.480 e. The van der Waals surface area contributed by atoms with Gasteiger partial charge in [0.25, 0.3) is 5.91 Å². The molecule has 1 atom stereocenters. The van der Waals surface area contributed by atoms with E-state index >= 15 is 0 Å². The number of aryl methyl sites for hydroxylation is 1. The molecule has 1 amide bonds. The van der Waals surface area contributed by atoms with Crippen LogP contribution in [0.25, 0.3) is 0 Å². The Hall–Kier alpha value is -1.82. The number of hydrogen-bond acceptors (Lipinski definition) is 4. The average Bonchev–Trinajstić information content (AvgIpc) is 2.84. The number of hydrogen-bond donors (Lipinski definition) is 1. The summed E-state index contributed by atoms with van der Waals surface area (Å²) in [6, 6.07) is 9.17. The molecule has 5 nitrogen and oxygen atoms in total. The highest BCUT2D eigenvalue weighted by Gasteiger charge is 2.16. The quantitative estimate of drug-likeness (QED) is 0.910. The van der Waals surface area contributed by atoms with Crippen LogP contribution in [0.5, 0.6) is 5.75 Å². The number of ether oxygens (including phenoxy) is 1. The van der Waals surface area contributed by atoms with Crippen LogP contribution >= 0.6 is 15.9 Å². The third-order valence-electron chi connectivity index (χ3n) is 2.62. The van der Waals surface area contributed by atoms with Gasteiger partial charge >= 0.3 is 0 Å². The van der Waals surface area contributed by atoms with E-state index in [-0.39, 0.29) is 5.91 Å². The van der Waals surface area contributed by atoms with Crippen LogP contribution in [-0.4, -0.2) is 17.2 Å². The van der Waals surface area contributed by atoms with Crippen molar-refractivity contribution in [1.82, 2.24) is 10.5 Å². The van der Waals surface area contributed by atoms with E-state index in [4.69, 9.17) is 9.26 Å². The molecule has 0 saturated carbocycles. The largest absolute Gasteiger partial charge is 0.480 e. The fourth-order valence-corrected chi connectivity index (χ4v) is 1.98. The number of aromatic nitrogens is 1. The lowest BCUT2D eigenvalue weighted by molar-refractivity contribution is -0.127. The van der Waals surface area contributed by atoms with Gasteiger partial charge in [-0.25, -0.2) is 0 Å². The summed E-state index contributed by atoms with van der Waals surface area (Å²) in [7, 11) is 0. The summed E-state index contributed by atoms with van der Waals surface area (Å²) >= 11 is 3.37. The van der Waals surface area contributed by atoms with Gasteiger partial charge in [0.05, 0.1) is 16.7 Å². The van der Waals surface area contributed by atoms with Gasteiger partial charge in [-0.05, 0) is 41.9 Å². The maximum absolute atomic E-state index is 11.9. The lowest BCUT2D eigenvalue weighted by Crippen LogP contribution is -2.35. The SMILES string of the molecule is Cc1cc(CNC(=O)C(C)Oc2ccccc2Br)on1. The Bertz CT molecular complexity index is 598. The van der Waals surface area contributed by atoms with Gasteiger partial charge in [-0.1, -0.05) is 17.3 Å². The zero-order valence-electron chi connectivity index (χ0n) is 11.2. The number of halogens is 1. The van der Waals surface area contributed by atoms with E-state index < -0.39 is 6.10 Å². The van der Waals surface area contributed by atoms with Crippen molar-refractivity contribution in [2.45, 2.75) is 26.5 Å². The Kier molecular flexibility index (Phi) is 4.79. The van der Waals surface area contributed by atoms with Crippen molar-refractivity contribution >= 4 is 21.8 Å².